The Hall–Kier alpha value is -3.38. The van der Waals surface area contributed by atoms with E-state index >= 15 is 0 Å². The number of nitrogens with zero attached hydrogens (tertiary/aromatic N) is 1. The van der Waals surface area contributed by atoms with Crippen molar-refractivity contribution in [2.45, 2.75) is 13.2 Å². The molecule has 6 heteroatoms. The van der Waals surface area contributed by atoms with Gasteiger partial charge in [-0.25, -0.2) is 4.39 Å². The molecule has 0 spiro atoms. The highest BCUT2D eigenvalue weighted by molar-refractivity contribution is 5.95. The molecule has 0 radical (unpaired) electrons. The van der Waals surface area contributed by atoms with Crippen LogP contribution in [0.25, 0.3) is 0 Å². The van der Waals surface area contributed by atoms with Crippen LogP contribution in [0, 0.1) is 5.82 Å². The average Bonchev–Trinajstić information content (AvgIpc) is 2.79. The first-order valence-electron chi connectivity index (χ1n) is 9.70. The number of rotatable bonds is 9. The summed E-state index contributed by atoms with van der Waals surface area (Å²) in [7, 11) is 1.52. The van der Waals surface area contributed by atoms with Crippen LogP contribution in [0.4, 0.5) is 4.39 Å². The molecule has 0 aliphatic heterocycles. The molecule has 0 aromatic heterocycles. The fraction of sp³-hybridized carbons (Fsp3) is 0.208. The number of nitrogens with two attached hydrogens (primary N) is 1. The summed E-state index contributed by atoms with van der Waals surface area (Å²) in [5, 5.41) is 0. The lowest BCUT2D eigenvalue weighted by Gasteiger charge is -2.23. The van der Waals surface area contributed by atoms with Gasteiger partial charge < -0.3 is 20.1 Å². The van der Waals surface area contributed by atoms with E-state index in [9.17, 15) is 9.18 Å². The number of amides is 1. The molecule has 2 N–H and O–H groups in total. The average molecular weight is 408 g/mol. The molecule has 0 saturated heterocycles. The minimum Gasteiger partial charge on any atom is -0.493 e. The van der Waals surface area contributed by atoms with E-state index in [-0.39, 0.29) is 24.8 Å². The van der Waals surface area contributed by atoms with Crippen LogP contribution < -0.4 is 15.2 Å². The van der Waals surface area contributed by atoms with Crippen LogP contribution in [0.5, 0.6) is 11.5 Å². The van der Waals surface area contributed by atoms with Gasteiger partial charge in [-0.15, -0.1) is 0 Å². The molecule has 156 valence electrons. The number of methoxy groups -OCH3 is 1. The molecule has 0 atom stereocenters. The van der Waals surface area contributed by atoms with Crippen molar-refractivity contribution in [3.8, 4) is 11.5 Å². The largest absolute Gasteiger partial charge is 0.493 e. The molecule has 3 aromatic rings. The molecule has 0 bridgehead atoms. The van der Waals surface area contributed by atoms with Crippen LogP contribution in [0.15, 0.2) is 72.8 Å². The SMILES string of the molecule is COc1cc(C(=O)N(CCN)Cc2ccccc2F)ccc1OCc1ccccc1. The zero-order valence-corrected chi connectivity index (χ0v) is 16.9. The first kappa shape index (κ1) is 21.3. The van der Waals surface area contributed by atoms with Crippen LogP contribution >= 0.6 is 0 Å². The molecule has 1 amide bonds. The normalized spacial score (nSPS) is 10.5. The third-order valence-corrected chi connectivity index (χ3v) is 4.65. The van der Waals surface area contributed by atoms with E-state index in [0.717, 1.165) is 5.56 Å². The van der Waals surface area contributed by atoms with Crippen molar-refractivity contribution < 1.29 is 18.7 Å². The highest BCUT2D eigenvalue weighted by Crippen LogP contribution is 2.29. The Morgan fingerprint density at radius 2 is 1.73 bits per heavy atom. The van der Waals surface area contributed by atoms with Crippen molar-refractivity contribution >= 4 is 5.91 Å². The van der Waals surface area contributed by atoms with Gasteiger partial charge in [-0.1, -0.05) is 48.5 Å². The Balaban J connectivity index is 1.77. The Kier molecular flexibility index (Phi) is 7.40. The van der Waals surface area contributed by atoms with Crippen LogP contribution in [0.1, 0.15) is 21.5 Å². The molecule has 0 unspecified atom stereocenters. The van der Waals surface area contributed by atoms with E-state index in [1.54, 1.807) is 36.4 Å². The maximum atomic E-state index is 14.0. The number of carbonyl (C=O) groups is 1. The smallest absolute Gasteiger partial charge is 0.254 e. The minimum atomic E-state index is -0.352. The molecule has 5 nitrogen and oxygen atoms in total. The van der Waals surface area contributed by atoms with E-state index < -0.39 is 0 Å². The first-order chi connectivity index (χ1) is 14.6. The second kappa shape index (κ2) is 10.4. The summed E-state index contributed by atoms with van der Waals surface area (Å²) >= 11 is 0. The van der Waals surface area contributed by atoms with E-state index in [1.165, 1.54) is 18.1 Å². The van der Waals surface area contributed by atoms with Crippen molar-refractivity contribution in [2.24, 2.45) is 5.73 Å². The molecule has 0 heterocycles. The number of carbonyl (C=O) groups excluding carboxylic acids is 1. The Bertz CT molecular complexity index is 979. The van der Waals surface area contributed by atoms with Crippen LogP contribution in [0.2, 0.25) is 0 Å². The molecule has 30 heavy (non-hydrogen) atoms. The standard InChI is InChI=1S/C24H25FN2O3/c1-29-23-15-19(11-12-22(23)30-17-18-7-3-2-4-8-18)24(28)27(14-13-26)16-20-9-5-6-10-21(20)25/h2-12,15H,13-14,16-17,26H2,1H3. The Morgan fingerprint density at radius 3 is 2.43 bits per heavy atom. The predicted molar refractivity (Wildman–Crippen MR) is 114 cm³/mol. The topological polar surface area (TPSA) is 64.8 Å². The summed E-state index contributed by atoms with van der Waals surface area (Å²) in [6.07, 6.45) is 0. The van der Waals surface area contributed by atoms with Crippen molar-refractivity contribution in [1.82, 2.24) is 4.90 Å². The second-order valence-corrected chi connectivity index (χ2v) is 6.75. The van der Waals surface area contributed by atoms with Crippen LogP contribution in [0.3, 0.4) is 0 Å². The molecule has 0 aliphatic rings. The van der Waals surface area contributed by atoms with Gasteiger partial charge in [0.2, 0.25) is 0 Å². The highest BCUT2D eigenvalue weighted by Gasteiger charge is 2.19. The molecule has 3 aromatic carbocycles. The van der Waals surface area contributed by atoms with E-state index in [1.807, 2.05) is 30.3 Å². The fourth-order valence-corrected chi connectivity index (χ4v) is 3.08. The Labute approximate surface area is 175 Å². The van der Waals surface area contributed by atoms with Crippen LogP contribution in [-0.2, 0) is 13.2 Å². The fourth-order valence-electron chi connectivity index (χ4n) is 3.08. The van der Waals surface area contributed by atoms with Crippen LogP contribution in [-0.4, -0.2) is 31.0 Å². The van der Waals surface area contributed by atoms with Crippen molar-refractivity contribution in [3.05, 3.63) is 95.3 Å². The molecular weight excluding hydrogens is 383 g/mol. The zero-order valence-electron chi connectivity index (χ0n) is 16.9. The maximum absolute atomic E-state index is 14.0. The molecule has 3 rings (SSSR count). The zero-order chi connectivity index (χ0) is 21.3. The second-order valence-electron chi connectivity index (χ2n) is 6.75. The molecule has 0 saturated carbocycles. The summed E-state index contributed by atoms with van der Waals surface area (Å²) in [5.41, 5.74) is 7.57. The van der Waals surface area contributed by atoms with Gasteiger partial charge in [0.1, 0.15) is 12.4 Å². The summed E-state index contributed by atoms with van der Waals surface area (Å²) in [5.74, 6) is 0.388. The third kappa shape index (κ3) is 5.36. The van der Waals surface area contributed by atoms with Crippen molar-refractivity contribution in [2.75, 3.05) is 20.2 Å². The molecule has 0 fully saturated rings. The summed E-state index contributed by atoms with van der Waals surface area (Å²) in [6.45, 7) is 1.10. The number of ether oxygens (including phenoxy) is 2. The van der Waals surface area contributed by atoms with Gasteiger partial charge in [0.05, 0.1) is 7.11 Å². The van der Waals surface area contributed by atoms with Crippen molar-refractivity contribution in [3.63, 3.8) is 0 Å². The minimum absolute atomic E-state index is 0.136. The van der Waals surface area contributed by atoms with Crippen molar-refractivity contribution in [1.29, 1.82) is 0 Å². The highest BCUT2D eigenvalue weighted by atomic mass is 19.1. The summed E-state index contributed by atoms with van der Waals surface area (Å²) < 4.78 is 25.3. The Morgan fingerprint density at radius 1 is 1.00 bits per heavy atom. The number of benzene rings is 3. The molecule has 0 aliphatic carbocycles. The quantitative estimate of drug-likeness (QED) is 0.581. The summed E-state index contributed by atoms with van der Waals surface area (Å²) in [4.78, 5) is 14.6. The van der Waals surface area contributed by atoms with E-state index in [0.29, 0.717) is 35.8 Å². The first-order valence-corrected chi connectivity index (χ1v) is 9.70. The third-order valence-electron chi connectivity index (χ3n) is 4.65. The lowest BCUT2D eigenvalue weighted by Crippen LogP contribution is -2.35. The summed E-state index contributed by atoms with van der Waals surface area (Å²) in [6, 6.07) is 21.2. The lowest BCUT2D eigenvalue weighted by molar-refractivity contribution is 0.0746. The van der Waals surface area contributed by atoms with Gasteiger partial charge in [0.25, 0.3) is 5.91 Å². The van der Waals surface area contributed by atoms with E-state index in [2.05, 4.69) is 0 Å². The maximum Gasteiger partial charge on any atom is 0.254 e. The number of hydrogen-bond acceptors (Lipinski definition) is 4. The number of hydrogen-bond donors (Lipinski definition) is 1. The van der Waals surface area contributed by atoms with Gasteiger partial charge >= 0.3 is 0 Å². The van der Waals surface area contributed by atoms with Gasteiger partial charge in [0, 0.05) is 30.8 Å². The molecular formula is C24H25FN2O3. The van der Waals surface area contributed by atoms with Gasteiger partial charge in [0.15, 0.2) is 11.5 Å². The number of halogens is 1. The lowest BCUT2D eigenvalue weighted by atomic mass is 10.1. The van der Waals surface area contributed by atoms with Gasteiger partial charge in [-0.2, -0.15) is 0 Å². The van der Waals surface area contributed by atoms with Gasteiger partial charge in [-0.3, -0.25) is 4.79 Å². The monoisotopic (exact) mass is 408 g/mol. The van der Waals surface area contributed by atoms with Gasteiger partial charge in [-0.05, 0) is 29.8 Å². The predicted octanol–water partition coefficient (Wildman–Crippen LogP) is 4.01. The van der Waals surface area contributed by atoms with E-state index in [4.69, 9.17) is 15.2 Å².